The van der Waals surface area contributed by atoms with Gasteiger partial charge < -0.3 is 10.1 Å². The van der Waals surface area contributed by atoms with Crippen molar-refractivity contribution >= 4 is 17.4 Å². The van der Waals surface area contributed by atoms with E-state index < -0.39 is 0 Å². The minimum atomic E-state index is 0.561. The van der Waals surface area contributed by atoms with Gasteiger partial charge in [-0.05, 0) is 50.1 Å². The molecule has 100 valence electrons. The first-order valence-electron chi connectivity index (χ1n) is 6.82. The van der Waals surface area contributed by atoms with Crippen molar-refractivity contribution in [2.24, 2.45) is 0 Å². The van der Waals surface area contributed by atoms with Crippen LogP contribution in [-0.4, -0.2) is 23.7 Å². The van der Waals surface area contributed by atoms with E-state index in [1.54, 1.807) is 0 Å². The molecule has 0 radical (unpaired) electrons. The van der Waals surface area contributed by atoms with Gasteiger partial charge in [0, 0.05) is 11.3 Å². The lowest BCUT2D eigenvalue weighted by Crippen LogP contribution is -2.32. The molecule has 1 saturated heterocycles. The van der Waals surface area contributed by atoms with Crippen molar-refractivity contribution < 1.29 is 4.74 Å². The molecule has 2 rings (SSSR count). The third-order valence-electron chi connectivity index (χ3n) is 3.38. The van der Waals surface area contributed by atoms with Crippen LogP contribution in [0, 0.1) is 6.92 Å². The Labute approximate surface area is 114 Å². The minimum Gasteiger partial charge on any atom is -0.492 e. The molecule has 0 amide bonds. The van der Waals surface area contributed by atoms with E-state index >= 15 is 0 Å². The van der Waals surface area contributed by atoms with Gasteiger partial charge in [0.05, 0.1) is 12.3 Å². The van der Waals surface area contributed by atoms with Crippen molar-refractivity contribution in [1.29, 1.82) is 0 Å². The molecule has 1 fully saturated rings. The Morgan fingerprint density at radius 3 is 3.00 bits per heavy atom. The molecular weight excluding hydrogens is 242 g/mol. The Morgan fingerprint density at radius 1 is 1.44 bits per heavy atom. The van der Waals surface area contributed by atoms with Crippen LogP contribution in [0.25, 0.3) is 0 Å². The zero-order chi connectivity index (χ0) is 13.0. The predicted octanol–water partition coefficient (Wildman–Crippen LogP) is 4.09. The summed E-state index contributed by atoms with van der Waals surface area (Å²) in [5.74, 6) is 2.28. The van der Waals surface area contributed by atoms with Gasteiger partial charge in [0.25, 0.3) is 0 Å². The lowest BCUT2D eigenvalue weighted by Gasteiger charge is -2.30. The van der Waals surface area contributed by atoms with Crippen LogP contribution in [0.1, 0.15) is 32.3 Å². The quantitative estimate of drug-likeness (QED) is 0.886. The second kappa shape index (κ2) is 6.37. The van der Waals surface area contributed by atoms with Crippen LogP contribution in [0.2, 0.25) is 0 Å². The zero-order valence-electron chi connectivity index (χ0n) is 11.5. The largest absolute Gasteiger partial charge is 0.492 e. The van der Waals surface area contributed by atoms with E-state index in [9.17, 15) is 0 Å². The number of rotatable bonds is 4. The summed E-state index contributed by atoms with van der Waals surface area (Å²) < 4.78 is 5.73. The maximum atomic E-state index is 5.73. The van der Waals surface area contributed by atoms with Crippen molar-refractivity contribution in [3.05, 3.63) is 23.8 Å². The molecule has 1 aromatic carbocycles. The molecule has 1 aliphatic rings. The highest BCUT2D eigenvalue weighted by molar-refractivity contribution is 8.00. The van der Waals surface area contributed by atoms with Gasteiger partial charge in [0.1, 0.15) is 5.75 Å². The Balaban J connectivity index is 2.11. The smallest absolute Gasteiger partial charge is 0.142 e. The topological polar surface area (TPSA) is 21.3 Å². The van der Waals surface area contributed by atoms with Gasteiger partial charge in [-0.3, -0.25) is 0 Å². The number of aryl methyl sites for hydroxylation is 1. The number of hydrogen-bond donors (Lipinski definition) is 1. The molecule has 1 aliphatic heterocycles. The van der Waals surface area contributed by atoms with Crippen LogP contribution in [-0.2, 0) is 0 Å². The molecule has 0 aliphatic carbocycles. The first kappa shape index (κ1) is 13.6. The van der Waals surface area contributed by atoms with Crippen molar-refractivity contribution in [3.8, 4) is 5.75 Å². The van der Waals surface area contributed by atoms with Gasteiger partial charge in [-0.2, -0.15) is 11.8 Å². The van der Waals surface area contributed by atoms with E-state index in [2.05, 4.69) is 49.1 Å². The van der Waals surface area contributed by atoms with E-state index in [1.807, 2.05) is 6.92 Å². The molecule has 2 atom stereocenters. The normalized spacial score (nSPS) is 23.7. The van der Waals surface area contributed by atoms with Crippen LogP contribution in [0.3, 0.4) is 0 Å². The van der Waals surface area contributed by atoms with E-state index in [-0.39, 0.29) is 0 Å². The molecular formula is C15H23NOS. The summed E-state index contributed by atoms with van der Waals surface area (Å²) in [7, 11) is 0. The zero-order valence-corrected chi connectivity index (χ0v) is 12.3. The Kier molecular flexibility index (Phi) is 4.81. The standard InChI is InChI=1S/C15H23NOS/c1-4-17-15-10-11(2)7-8-14(15)16-13-6-5-9-18-12(13)3/h7-8,10,12-13,16H,4-6,9H2,1-3H3. The average molecular weight is 265 g/mol. The molecule has 18 heavy (non-hydrogen) atoms. The summed E-state index contributed by atoms with van der Waals surface area (Å²) in [5.41, 5.74) is 2.39. The van der Waals surface area contributed by atoms with Crippen LogP contribution < -0.4 is 10.1 Å². The molecule has 0 saturated carbocycles. The van der Waals surface area contributed by atoms with Gasteiger partial charge in [-0.1, -0.05) is 13.0 Å². The number of hydrogen-bond acceptors (Lipinski definition) is 3. The summed E-state index contributed by atoms with van der Waals surface area (Å²) in [6.07, 6.45) is 2.57. The van der Waals surface area contributed by atoms with Gasteiger partial charge >= 0.3 is 0 Å². The first-order chi connectivity index (χ1) is 8.70. The first-order valence-corrected chi connectivity index (χ1v) is 7.87. The highest BCUT2D eigenvalue weighted by atomic mass is 32.2. The fourth-order valence-electron chi connectivity index (χ4n) is 2.34. The lowest BCUT2D eigenvalue weighted by molar-refractivity contribution is 0.341. The van der Waals surface area contributed by atoms with Crippen LogP contribution in [0.4, 0.5) is 5.69 Å². The van der Waals surface area contributed by atoms with Gasteiger partial charge in [-0.15, -0.1) is 0 Å². The second-order valence-electron chi connectivity index (χ2n) is 4.90. The fourth-order valence-corrected chi connectivity index (χ4v) is 3.48. The summed E-state index contributed by atoms with van der Waals surface area (Å²) in [6.45, 7) is 7.17. The third-order valence-corrected chi connectivity index (χ3v) is 4.76. The molecule has 1 N–H and O–H groups in total. The number of ether oxygens (including phenoxy) is 1. The highest BCUT2D eigenvalue weighted by Gasteiger charge is 2.22. The second-order valence-corrected chi connectivity index (χ2v) is 6.39. The molecule has 2 nitrogen and oxygen atoms in total. The van der Waals surface area contributed by atoms with Crippen molar-refractivity contribution in [1.82, 2.24) is 0 Å². The summed E-state index contributed by atoms with van der Waals surface area (Å²) in [6, 6.07) is 6.97. The molecule has 0 aromatic heterocycles. The molecule has 2 unspecified atom stereocenters. The summed E-state index contributed by atoms with van der Waals surface area (Å²) >= 11 is 2.06. The summed E-state index contributed by atoms with van der Waals surface area (Å²) in [5, 5.41) is 4.34. The summed E-state index contributed by atoms with van der Waals surface area (Å²) in [4.78, 5) is 0. The Morgan fingerprint density at radius 2 is 2.28 bits per heavy atom. The van der Waals surface area contributed by atoms with Gasteiger partial charge in [0.15, 0.2) is 0 Å². The fraction of sp³-hybridized carbons (Fsp3) is 0.600. The average Bonchev–Trinajstić information content (AvgIpc) is 2.35. The number of benzene rings is 1. The predicted molar refractivity (Wildman–Crippen MR) is 80.9 cm³/mol. The molecule has 1 aromatic rings. The Bertz CT molecular complexity index is 394. The number of anilines is 1. The monoisotopic (exact) mass is 265 g/mol. The van der Waals surface area contributed by atoms with Crippen LogP contribution in [0.5, 0.6) is 5.75 Å². The SMILES string of the molecule is CCOc1cc(C)ccc1NC1CCCSC1C. The maximum Gasteiger partial charge on any atom is 0.142 e. The van der Waals surface area contributed by atoms with Crippen LogP contribution >= 0.6 is 11.8 Å². The van der Waals surface area contributed by atoms with Crippen molar-refractivity contribution in [2.75, 3.05) is 17.7 Å². The van der Waals surface area contributed by atoms with Crippen molar-refractivity contribution in [3.63, 3.8) is 0 Å². The van der Waals surface area contributed by atoms with E-state index in [0.29, 0.717) is 17.9 Å². The van der Waals surface area contributed by atoms with E-state index in [0.717, 1.165) is 11.4 Å². The number of nitrogens with one attached hydrogen (secondary N) is 1. The third kappa shape index (κ3) is 3.35. The molecule has 0 spiro atoms. The molecule has 3 heteroatoms. The molecule has 1 heterocycles. The lowest BCUT2D eigenvalue weighted by atomic mass is 10.1. The van der Waals surface area contributed by atoms with E-state index in [1.165, 1.54) is 24.2 Å². The highest BCUT2D eigenvalue weighted by Crippen LogP contribution is 2.32. The minimum absolute atomic E-state index is 0.561. The Hall–Kier alpha value is -0.830. The molecule has 0 bridgehead atoms. The van der Waals surface area contributed by atoms with Gasteiger partial charge in [-0.25, -0.2) is 0 Å². The van der Waals surface area contributed by atoms with Crippen molar-refractivity contribution in [2.45, 2.75) is 44.9 Å². The van der Waals surface area contributed by atoms with Crippen LogP contribution in [0.15, 0.2) is 18.2 Å². The van der Waals surface area contributed by atoms with E-state index in [4.69, 9.17) is 4.74 Å². The number of thioether (sulfide) groups is 1. The maximum absolute atomic E-state index is 5.73. The van der Waals surface area contributed by atoms with Gasteiger partial charge in [0.2, 0.25) is 0 Å².